The van der Waals surface area contributed by atoms with E-state index < -0.39 is 0 Å². The van der Waals surface area contributed by atoms with Gasteiger partial charge >= 0.3 is 0 Å². The van der Waals surface area contributed by atoms with Crippen LogP contribution in [0.15, 0.2) is 28.0 Å². The lowest BCUT2D eigenvalue weighted by molar-refractivity contribution is -0.123. The summed E-state index contributed by atoms with van der Waals surface area (Å²) >= 11 is 6.77. The predicted octanol–water partition coefficient (Wildman–Crippen LogP) is 3.97. The number of rotatable bonds is 5. The van der Waals surface area contributed by atoms with Crippen LogP contribution in [0.2, 0.25) is 0 Å². The molecular weight excluding hydrogens is 404 g/mol. The fraction of sp³-hybridized carbons (Fsp3) is 0.429. The highest BCUT2D eigenvalue weighted by atomic mass is 32.2. The van der Waals surface area contributed by atoms with Crippen LogP contribution in [0.25, 0.3) is 11.7 Å². The third kappa shape index (κ3) is 3.71. The van der Waals surface area contributed by atoms with Gasteiger partial charge in [0.25, 0.3) is 11.5 Å². The number of carbonyl (C=O) groups is 1. The topological polar surface area (TPSA) is 66.7 Å². The zero-order chi connectivity index (χ0) is 20.5. The van der Waals surface area contributed by atoms with Crippen LogP contribution in [0.4, 0.5) is 5.82 Å². The van der Waals surface area contributed by atoms with Crippen LogP contribution < -0.4 is 10.9 Å². The van der Waals surface area contributed by atoms with Crippen molar-refractivity contribution in [2.45, 2.75) is 52.0 Å². The van der Waals surface area contributed by atoms with E-state index in [1.54, 1.807) is 17.2 Å². The molecule has 6 nitrogen and oxygen atoms in total. The van der Waals surface area contributed by atoms with Gasteiger partial charge in [-0.1, -0.05) is 49.8 Å². The molecule has 1 aliphatic carbocycles. The summed E-state index contributed by atoms with van der Waals surface area (Å²) in [5.41, 5.74) is 1.74. The van der Waals surface area contributed by atoms with Crippen molar-refractivity contribution >= 4 is 51.7 Å². The maximum atomic E-state index is 13.2. The molecule has 4 rings (SSSR count). The van der Waals surface area contributed by atoms with Crippen molar-refractivity contribution < 1.29 is 4.79 Å². The van der Waals surface area contributed by atoms with Gasteiger partial charge in [0.15, 0.2) is 0 Å². The Bertz CT molecular complexity index is 1070. The van der Waals surface area contributed by atoms with E-state index in [1.165, 1.54) is 16.2 Å². The highest BCUT2D eigenvalue weighted by molar-refractivity contribution is 8.26. The van der Waals surface area contributed by atoms with Crippen molar-refractivity contribution in [1.29, 1.82) is 0 Å². The van der Waals surface area contributed by atoms with Crippen LogP contribution in [-0.2, 0) is 4.79 Å². The molecule has 2 fully saturated rings. The largest absolute Gasteiger partial charge is 0.369 e. The fourth-order valence-corrected chi connectivity index (χ4v) is 5.29. The van der Waals surface area contributed by atoms with Gasteiger partial charge in [0.2, 0.25) is 0 Å². The second-order valence-corrected chi connectivity index (χ2v) is 9.16. The number of amides is 1. The van der Waals surface area contributed by atoms with Gasteiger partial charge in [-0.25, -0.2) is 4.98 Å². The summed E-state index contributed by atoms with van der Waals surface area (Å²) in [6.07, 6.45) is 8.50. The molecule has 2 aromatic heterocycles. The predicted molar refractivity (Wildman–Crippen MR) is 122 cm³/mol. The smallest absolute Gasteiger partial charge is 0.267 e. The zero-order valence-electron chi connectivity index (χ0n) is 16.6. The molecule has 0 atom stereocenters. The van der Waals surface area contributed by atoms with Crippen LogP contribution in [0.5, 0.6) is 0 Å². The monoisotopic (exact) mass is 428 g/mol. The molecular formula is C21H24N4O2S2. The summed E-state index contributed by atoms with van der Waals surface area (Å²) in [6.45, 7) is 4.68. The van der Waals surface area contributed by atoms with E-state index in [0.717, 1.165) is 37.7 Å². The maximum absolute atomic E-state index is 13.2. The Morgan fingerprint density at radius 1 is 1.34 bits per heavy atom. The number of nitrogens with zero attached hydrogens (tertiary/aromatic N) is 3. The van der Waals surface area contributed by atoms with Crippen LogP contribution in [0.1, 0.15) is 50.2 Å². The highest BCUT2D eigenvalue weighted by Crippen LogP contribution is 2.38. The Hall–Kier alpha value is -2.19. The van der Waals surface area contributed by atoms with E-state index in [2.05, 4.69) is 12.2 Å². The first-order chi connectivity index (χ1) is 14.0. The van der Waals surface area contributed by atoms with Crippen LogP contribution >= 0.6 is 24.0 Å². The van der Waals surface area contributed by atoms with Crippen molar-refractivity contribution in [3.05, 3.63) is 44.7 Å². The lowest BCUT2D eigenvalue weighted by Gasteiger charge is -2.21. The van der Waals surface area contributed by atoms with Crippen molar-refractivity contribution in [2.24, 2.45) is 0 Å². The van der Waals surface area contributed by atoms with Gasteiger partial charge in [-0.3, -0.25) is 18.9 Å². The fourth-order valence-electron chi connectivity index (χ4n) is 3.91. The van der Waals surface area contributed by atoms with E-state index in [4.69, 9.17) is 17.2 Å². The molecule has 0 bridgehead atoms. The minimum absolute atomic E-state index is 0.0953. The number of pyridine rings is 1. The number of aryl methyl sites for hydroxylation is 1. The van der Waals surface area contributed by atoms with Crippen LogP contribution in [-0.4, -0.2) is 37.1 Å². The van der Waals surface area contributed by atoms with E-state index in [-0.39, 0.29) is 17.5 Å². The molecule has 2 aromatic rings. The van der Waals surface area contributed by atoms with Gasteiger partial charge in [-0.2, -0.15) is 0 Å². The molecule has 1 aliphatic heterocycles. The number of thioether (sulfide) groups is 1. The average Bonchev–Trinajstić information content (AvgIpc) is 3.31. The molecule has 1 amide bonds. The van der Waals surface area contributed by atoms with E-state index in [9.17, 15) is 9.59 Å². The molecule has 0 aromatic carbocycles. The summed E-state index contributed by atoms with van der Waals surface area (Å²) < 4.78 is 2.12. The number of hydrogen-bond acceptors (Lipinski definition) is 6. The number of fused-ring (bicyclic) bond motifs is 1. The third-order valence-electron chi connectivity index (χ3n) is 5.42. The number of thiocarbonyl (C=S) groups is 1. The molecule has 2 aliphatic rings. The van der Waals surface area contributed by atoms with E-state index in [1.807, 2.05) is 19.1 Å². The highest BCUT2D eigenvalue weighted by Gasteiger charge is 2.38. The van der Waals surface area contributed by atoms with E-state index in [0.29, 0.717) is 32.8 Å². The van der Waals surface area contributed by atoms with Crippen molar-refractivity contribution in [3.8, 4) is 0 Å². The summed E-state index contributed by atoms with van der Waals surface area (Å²) in [5.74, 6) is 0.416. The first-order valence-corrected chi connectivity index (χ1v) is 11.3. The Balaban J connectivity index is 1.80. The number of carbonyl (C=O) groups excluding carboxylic acids is 1. The lowest BCUT2D eigenvalue weighted by Crippen LogP contribution is -2.36. The van der Waals surface area contributed by atoms with Gasteiger partial charge in [0.05, 0.1) is 10.5 Å². The number of anilines is 1. The minimum Gasteiger partial charge on any atom is -0.369 e. The Morgan fingerprint density at radius 2 is 2.10 bits per heavy atom. The molecule has 3 heterocycles. The minimum atomic E-state index is -0.191. The molecule has 1 N–H and O–H groups in total. The SMILES string of the molecule is CCCNc1nc2c(C)cccn2c(=O)c1/C=C1/SC(=S)N(C2CCCC2)C1=O. The van der Waals surface area contributed by atoms with Gasteiger partial charge < -0.3 is 5.32 Å². The van der Waals surface area contributed by atoms with Crippen molar-refractivity contribution in [1.82, 2.24) is 14.3 Å². The zero-order valence-corrected chi connectivity index (χ0v) is 18.2. The normalized spacial score (nSPS) is 19.1. The number of hydrogen-bond donors (Lipinski definition) is 1. The molecule has 152 valence electrons. The van der Waals surface area contributed by atoms with Gasteiger partial charge in [0.1, 0.15) is 15.8 Å². The molecule has 1 saturated heterocycles. The van der Waals surface area contributed by atoms with Crippen molar-refractivity contribution in [2.75, 3.05) is 11.9 Å². The third-order valence-corrected chi connectivity index (χ3v) is 6.75. The molecule has 1 saturated carbocycles. The molecule has 0 spiro atoms. The van der Waals surface area contributed by atoms with Crippen LogP contribution in [0, 0.1) is 6.92 Å². The first-order valence-electron chi connectivity index (χ1n) is 10.0. The quantitative estimate of drug-likeness (QED) is 0.574. The standard InChI is InChI=1S/C21H24N4O2S2/c1-3-10-22-17-15(19(26)24-11-6-7-13(2)18(24)23-17)12-16-20(27)25(21(28)29-16)14-8-4-5-9-14/h6-7,11-12,14,22H,3-5,8-10H2,1-2H3/b16-12+. The van der Waals surface area contributed by atoms with E-state index >= 15 is 0 Å². The summed E-state index contributed by atoms with van der Waals surface area (Å²) in [5, 5.41) is 3.25. The summed E-state index contributed by atoms with van der Waals surface area (Å²) in [4.78, 5) is 33.2. The molecule has 8 heteroatoms. The molecule has 29 heavy (non-hydrogen) atoms. The van der Waals surface area contributed by atoms with Gasteiger partial charge in [0, 0.05) is 18.8 Å². The lowest BCUT2D eigenvalue weighted by atomic mass is 10.2. The molecule has 0 unspecified atom stereocenters. The first kappa shape index (κ1) is 20.1. The van der Waals surface area contributed by atoms with Crippen LogP contribution in [0.3, 0.4) is 0 Å². The Labute approximate surface area is 179 Å². The average molecular weight is 429 g/mol. The second-order valence-electron chi connectivity index (χ2n) is 7.48. The summed E-state index contributed by atoms with van der Waals surface area (Å²) in [7, 11) is 0. The maximum Gasteiger partial charge on any atom is 0.267 e. The van der Waals surface area contributed by atoms with Gasteiger partial charge in [-0.05, 0) is 43.9 Å². The van der Waals surface area contributed by atoms with Gasteiger partial charge in [-0.15, -0.1) is 0 Å². The van der Waals surface area contributed by atoms with Crippen molar-refractivity contribution in [3.63, 3.8) is 0 Å². The summed E-state index contributed by atoms with van der Waals surface area (Å²) in [6, 6.07) is 3.94. The number of nitrogens with one attached hydrogen (secondary N) is 1. The Kier molecular flexibility index (Phi) is 5.74. The molecule has 0 radical (unpaired) electrons. The number of aromatic nitrogens is 2. The second kappa shape index (κ2) is 8.28. The Morgan fingerprint density at radius 3 is 2.83 bits per heavy atom.